The molecule has 0 aromatic heterocycles. The van der Waals surface area contributed by atoms with E-state index in [9.17, 15) is 4.79 Å². The Morgan fingerprint density at radius 3 is 2.39 bits per heavy atom. The van der Waals surface area contributed by atoms with Gasteiger partial charge in [0, 0.05) is 6.54 Å². The quantitative estimate of drug-likeness (QED) is 0.891. The van der Waals surface area contributed by atoms with E-state index in [-0.39, 0.29) is 12.1 Å². The fourth-order valence-electron chi connectivity index (χ4n) is 2.10. The predicted octanol–water partition coefficient (Wildman–Crippen LogP) is 3.13. The van der Waals surface area contributed by atoms with Gasteiger partial charge in [-0.2, -0.15) is 5.26 Å². The van der Waals surface area contributed by atoms with E-state index in [1.807, 2.05) is 43.3 Å². The van der Waals surface area contributed by atoms with Gasteiger partial charge in [-0.15, -0.1) is 0 Å². The van der Waals surface area contributed by atoms with Crippen LogP contribution in [0.15, 0.2) is 48.5 Å². The maximum Gasteiger partial charge on any atom is 0.315 e. The van der Waals surface area contributed by atoms with Crippen molar-refractivity contribution in [3.05, 3.63) is 65.2 Å². The number of ether oxygens (including phenoxy) is 1. The zero-order valence-electron chi connectivity index (χ0n) is 13.2. The Morgan fingerprint density at radius 1 is 1.17 bits per heavy atom. The molecule has 0 aliphatic carbocycles. The van der Waals surface area contributed by atoms with Crippen molar-refractivity contribution in [3.63, 3.8) is 0 Å². The number of methoxy groups -OCH3 is 1. The number of urea groups is 1. The van der Waals surface area contributed by atoms with E-state index in [1.54, 1.807) is 19.2 Å². The third kappa shape index (κ3) is 4.75. The Kier molecular flexibility index (Phi) is 5.59. The predicted molar refractivity (Wildman–Crippen MR) is 87.9 cm³/mol. The zero-order valence-corrected chi connectivity index (χ0v) is 13.2. The smallest absolute Gasteiger partial charge is 0.315 e. The van der Waals surface area contributed by atoms with Gasteiger partial charge in [0.05, 0.1) is 24.8 Å². The van der Waals surface area contributed by atoms with Crippen molar-refractivity contribution in [1.29, 1.82) is 5.26 Å². The number of nitrogens with one attached hydrogen (secondary N) is 2. The van der Waals surface area contributed by atoms with Crippen LogP contribution in [-0.2, 0) is 6.54 Å². The molecule has 0 heterocycles. The number of nitrogens with zero attached hydrogens (tertiary/aromatic N) is 1. The molecule has 0 saturated heterocycles. The molecule has 23 heavy (non-hydrogen) atoms. The van der Waals surface area contributed by atoms with Crippen LogP contribution in [0.5, 0.6) is 5.75 Å². The summed E-state index contributed by atoms with van der Waals surface area (Å²) in [7, 11) is 1.62. The highest BCUT2D eigenvalue weighted by molar-refractivity contribution is 5.74. The van der Waals surface area contributed by atoms with Crippen molar-refractivity contribution in [2.45, 2.75) is 19.5 Å². The van der Waals surface area contributed by atoms with E-state index in [0.29, 0.717) is 12.1 Å². The summed E-state index contributed by atoms with van der Waals surface area (Å²) in [6, 6.07) is 16.4. The van der Waals surface area contributed by atoms with Crippen LogP contribution < -0.4 is 15.4 Å². The van der Waals surface area contributed by atoms with E-state index in [2.05, 4.69) is 16.7 Å². The molecule has 2 amide bonds. The van der Waals surface area contributed by atoms with Crippen molar-refractivity contribution in [1.82, 2.24) is 10.6 Å². The van der Waals surface area contributed by atoms with Gasteiger partial charge in [0.15, 0.2) is 0 Å². The second kappa shape index (κ2) is 7.85. The van der Waals surface area contributed by atoms with Crippen molar-refractivity contribution < 1.29 is 9.53 Å². The third-order valence-corrected chi connectivity index (χ3v) is 3.50. The molecule has 5 heteroatoms. The van der Waals surface area contributed by atoms with Crippen molar-refractivity contribution in [3.8, 4) is 11.8 Å². The summed E-state index contributed by atoms with van der Waals surface area (Å²) in [4.78, 5) is 11.9. The molecular weight excluding hydrogens is 290 g/mol. The number of carbonyl (C=O) groups excluding carboxylic acids is 1. The van der Waals surface area contributed by atoms with Gasteiger partial charge in [-0.3, -0.25) is 0 Å². The second-order valence-corrected chi connectivity index (χ2v) is 5.13. The molecule has 0 radical (unpaired) electrons. The molecule has 5 nitrogen and oxygen atoms in total. The van der Waals surface area contributed by atoms with Crippen LogP contribution >= 0.6 is 0 Å². The normalized spacial score (nSPS) is 11.2. The average Bonchev–Trinajstić information content (AvgIpc) is 2.60. The van der Waals surface area contributed by atoms with Gasteiger partial charge in [-0.1, -0.05) is 24.3 Å². The summed E-state index contributed by atoms with van der Waals surface area (Å²) >= 11 is 0. The number of amides is 2. The number of rotatable bonds is 5. The fourth-order valence-corrected chi connectivity index (χ4v) is 2.10. The summed E-state index contributed by atoms with van der Waals surface area (Å²) in [6.45, 7) is 2.34. The average molecular weight is 309 g/mol. The lowest BCUT2D eigenvalue weighted by atomic mass is 10.1. The van der Waals surface area contributed by atoms with Gasteiger partial charge in [0.25, 0.3) is 0 Å². The number of carbonyl (C=O) groups is 1. The summed E-state index contributed by atoms with van der Waals surface area (Å²) in [5.74, 6) is 0.785. The minimum absolute atomic E-state index is 0.140. The molecule has 2 rings (SSSR count). The van der Waals surface area contributed by atoms with E-state index < -0.39 is 0 Å². The Labute approximate surface area is 135 Å². The Hall–Kier alpha value is -3.00. The van der Waals surface area contributed by atoms with Crippen molar-refractivity contribution >= 4 is 6.03 Å². The molecule has 0 bridgehead atoms. The van der Waals surface area contributed by atoms with Crippen LogP contribution in [0.2, 0.25) is 0 Å². The maximum absolute atomic E-state index is 11.9. The number of hydrogen-bond donors (Lipinski definition) is 2. The maximum atomic E-state index is 11.9. The molecule has 2 aromatic rings. The summed E-state index contributed by atoms with van der Waals surface area (Å²) in [5.41, 5.74) is 2.54. The number of nitriles is 1. The van der Waals surface area contributed by atoms with Crippen LogP contribution in [0.25, 0.3) is 0 Å². The standard InChI is InChI=1S/C18H19N3O2/c1-13(16-7-3-14(11-19)4-8-16)21-18(22)20-12-15-5-9-17(23-2)10-6-15/h3-10,13H,12H2,1-2H3,(H2,20,21,22). The first-order valence-electron chi connectivity index (χ1n) is 7.29. The molecule has 1 unspecified atom stereocenters. The molecule has 2 N–H and O–H groups in total. The van der Waals surface area contributed by atoms with Gasteiger partial charge >= 0.3 is 6.03 Å². The second-order valence-electron chi connectivity index (χ2n) is 5.13. The minimum Gasteiger partial charge on any atom is -0.497 e. The molecule has 118 valence electrons. The van der Waals surface area contributed by atoms with Gasteiger partial charge < -0.3 is 15.4 Å². The van der Waals surface area contributed by atoms with Crippen LogP contribution in [-0.4, -0.2) is 13.1 Å². The van der Waals surface area contributed by atoms with E-state index >= 15 is 0 Å². The summed E-state index contributed by atoms with van der Waals surface area (Å²) in [5, 5.41) is 14.5. The molecule has 0 spiro atoms. The lowest BCUT2D eigenvalue weighted by molar-refractivity contribution is 0.237. The largest absolute Gasteiger partial charge is 0.497 e. The Balaban J connectivity index is 1.84. The first-order valence-corrected chi connectivity index (χ1v) is 7.29. The van der Waals surface area contributed by atoms with Gasteiger partial charge in [-0.05, 0) is 42.3 Å². The monoisotopic (exact) mass is 309 g/mol. The topological polar surface area (TPSA) is 74.2 Å². The van der Waals surface area contributed by atoms with Gasteiger partial charge in [-0.25, -0.2) is 4.79 Å². The molecule has 0 saturated carbocycles. The zero-order chi connectivity index (χ0) is 16.7. The van der Waals surface area contributed by atoms with Crippen LogP contribution in [0.3, 0.4) is 0 Å². The molecule has 0 aliphatic heterocycles. The van der Waals surface area contributed by atoms with Crippen LogP contribution in [0, 0.1) is 11.3 Å². The van der Waals surface area contributed by atoms with Crippen molar-refractivity contribution in [2.24, 2.45) is 0 Å². The Bertz CT molecular complexity index is 688. The SMILES string of the molecule is COc1ccc(CNC(=O)NC(C)c2ccc(C#N)cc2)cc1. The van der Waals surface area contributed by atoms with Crippen LogP contribution in [0.4, 0.5) is 4.79 Å². The first-order chi connectivity index (χ1) is 11.1. The van der Waals surface area contributed by atoms with E-state index in [0.717, 1.165) is 16.9 Å². The summed E-state index contributed by atoms with van der Waals surface area (Å²) in [6.07, 6.45) is 0. The lowest BCUT2D eigenvalue weighted by Gasteiger charge is -2.15. The highest BCUT2D eigenvalue weighted by Crippen LogP contribution is 2.13. The lowest BCUT2D eigenvalue weighted by Crippen LogP contribution is -2.36. The molecule has 2 aromatic carbocycles. The number of hydrogen-bond acceptors (Lipinski definition) is 3. The number of benzene rings is 2. The molecule has 0 aliphatic rings. The van der Waals surface area contributed by atoms with E-state index in [4.69, 9.17) is 10.00 Å². The Morgan fingerprint density at radius 2 is 1.83 bits per heavy atom. The highest BCUT2D eigenvalue weighted by Gasteiger charge is 2.09. The van der Waals surface area contributed by atoms with Crippen molar-refractivity contribution in [2.75, 3.05) is 7.11 Å². The van der Waals surface area contributed by atoms with Gasteiger partial charge in [0.1, 0.15) is 5.75 Å². The molecule has 0 fully saturated rings. The fraction of sp³-hybridized carbons (Fsp3) is 0.222. The van der Waals surface area contributed by atoms with E-state index in [1.165, 1.54) is 0 Å². The highest BCUT2D eigenvalue weighted by atomic mass is 16.5. The van der Waals surface area contributed by atoms with Crippen LogP contribution in [0.1, 0.15) is 29.7 Å². The molecular formula is C18H19N3O2. The minimum atomic E-state index is -0.238. The summed E-state index contributed by atoms with van der Waals surface area (Å²) < 4.78 is 5.09. The van der Waals surface area contributed by atoms with Gasteiger partial charge in [0.2, 0.25) is 0 Å². The molecule has 1 atom stereocenters. The third-order valence-electron chi connectivity index (χ3n) is 3.50. The first kappa shape index (κ1) is 16.4.